The quantitative estimate of drug-likeness (QED) is 0.705. The lowest BCUT2D eigenvalue weighted by Crippen LogP contribution is -2.15. The van der Waals surface area contributed by atoms with E-state index in [4.69, 9.17) is 9.47 Å². The van der Waals surface area contributed by atoms with Gasteiger partial charge in [-0.3, -0.25) is 4.79 Å². The van der Waals surface area contributed by atoms with Gasteiger partial charge in [0.1, 0.15) is 5.92 Å². The molecule has 0 heterocycles. The van der Waals surface area contributed by atoms with Gasteiger partial charge < -0.3 is 9.47 Å². The smallest absolute Gasteiger partial charge is 0.163 e. The van der Waals surface area contributed by atoms with Crippen LogP contribution in [-0.2, 0) is 0 Å². The van der Waals surface area contributed by atoms with Crippen LogP contribution in [0.1, 0.15) is 33.8 Å². The first-order chi connectivity index (χ1) is 12.5. The van der Waals surface area contributed by atoms with E-state index >= 15 is 0 Å². The molecular formula is C21H20N2O3. The van der Waals surface area contributed by atoms with E-state index in [0.29, 0.717) is 22.6 Å². The number of ether oxygens (including phenoxy) is 2. The van der Waals surface area contributed by atoms with Gasteiger partial charge in [-0.05, 0) is 24.6 Å². The molecule has 0 fully saturated rings. The maximum absolute atomic E-state index is 12.7. The minimum absolute atomic E-state index is 0.0599. The summed E-state index contributed by atoms with van der Waals surface area (Å²) >= 11 is 0. The van der Waals surface area contributed by atoms with Crippen molar-refractivity contribution in [2.75, 3.05) is 14.2 Å². The number of benzene rings is 2. The van der Waals surface area contributed by atoms with Crippen molar-refractivity contribution >= 4 is 5.78 Å². The molecule has 0 radical (unpaired) electrons. The van der Waals surface area contributed by atoms with Crippen molar-refractivity contribution in [3.8, 4) is 23.6 Å². The molecule has 0 bridgehead atoms. The summed E-state index contributed by atoms with van der Waals surface area (Å²) in [6.45, 7) is 1.95. The number of hydrogen-bond donors (Lipinski definition) is 0. The Morgan fingerprint density at radius 3 is 2.15 bits per heavy atom. The molecular weight excluding hydrogens is 328 g/mol. The fraction of sp³-hybridized carbons (Fsp3) is 0.286. The molecule has 0 saturated carbocycles. The Morgan fingerprint density at radius 2 is 1.62 bits per heavy atom. The number of nitriles is 2. The topological polar surface area (TPSA) is 83.1 Å². The Labute approximate surface area is 153 Å². The second kappa shape index (κ2) is 8.69. The largest absolute Gasteiger partial charge is 0.493 e. The molecule has 5 nitrogen and oxygen atoms in total. The average Bonchev–Trinajstić information content (AvgIpc) is 2.67. The third kappa shape index (κ3) is 4.20. The number of methoxy groups -OCH3 is 2. The molecule has 0 amide bonds. The lowest BCUT2D eigenvalue weighted by atomic mass is 9.82. The molecule has 0 spiro atoms. The number of aryl methyl sites for hydroxylation is 1. The van der Waals surface area contributed by atoms with E-state index in [-0.39, 0.29) is 12.2 Å². The summed E-state index contributed by atoms with van der Waals surface area (Å²) in [6, 6.07) is 16.4. The number of hydrogen-bond acceptors (Lipinski definition) is 5. The molecule has 2 aromatic rings. The minimum atomic E-state index is -0.942. The van der Waals surface area contributed by atoms with Gasteiger partial charge >= 0.3 is 0 Å². The Morgan fingerprint density at radius 1 is 1.00 bits per heavy atom. The van der Waals surface area contributed by atoms with Crippen LogP contribution in [0.3, 0.4) is 0 Å². The number of nitrogens with zero attached hydrogens (tertiary/aromatic N) is 2. The van der Waals surface area contributed by atoms with E-state index in [1.807, 2.05) is 31.2 Å². The highest BCUT2D eigenvalue weighted by atomic mass is 16.5. The number of carbonyl (C=O) groups is 1. The van der Waals surface area contributed by atoms with E-state index in [9.17, 15) is 15.3 Å². The number of carbonyl (C=O) groups excluding carboxylic acids is 1. The van der Waals surface area contributed by atoms with Crippen LogP contribution >= 0.6 is 0 Å². The summed E-state index contributed by atoms with van der Waals surface area (Å²) in [6.07, 6.45) is 0.0599. The van der Waals surface area contributed by atoms with Crippen molar-refractivity contribution < 1.29 is 14.3 Å². The highest BCUT2D eigenvalue weighted by Gasteiger charge is 2.27. The Kier molecular flexibility index (Phi) is 6.36. The molecule has 1 atom stereocenters. The summed E-state index contributed by atoms with van der Waals surface area (Å²) in [5.41, 5.74) is 2.32. The zero-order valence-electron chi connectivity index (χ0n) is 15.0. The van der Waals surface area contributed by atoms with E-state index in [1.165, 1.54) is 14.2 Å². The van der Waals surface area contributed by atoms with Gasteiger partial charge in [0.15, 0.2) is 17.3 Å². The van der Waals surface area contributed by atoms with E-state index < -0.39 is 11.8 Å². The zero-order valence-corrected chi connectivity index (χ0v) is 15.0. The summed E-state index contributed by atoms with van der Waals surface area (Å²) in [5, 5.41) is 18.7. The van der Waals surface area contributed by atoms with Crippen LogP contribution in [-0.4, -0.2) is 20.0 Å². The monoisotopic (exact) mass is 348 g/mol. The van der Waals surface area contributed by atoms with Crippen LogP contribution < -0.4 is 9.47 Å². The molecule has 0 N–H and O–H groups in total. The van der Waals surface area contributed by atoms with Crippen molar-refractivity contribution in [3.63, 3.8) is 0 Å². The first kappa shape index (κ1) is 19.0. The Bertz CT molecular complexity index is 846. The van der Waals surface area contributed by atoms with Crippen LogP contribution in [0.2, 0.25) is 0 Å². The molecule has 5 heteroatoms. The molecule has 0 unspecified atom stereocenters. The lowest BCUT2D eigenvalue weighted by Gasteiger charge is -2.19. The molecule has 0 saturated heterocycles. The van der Waals surface area contributed by atoms with Crippen LogP contribution in [0.15, 0.2) is 42.5 Å². The Hall–Kier alpha value is -3.31. The van der Waals surface area contributed by atoms with E-state index in [2.05, 4.69) is 0 Å². The zero-order chi connectivity index (χ0) is 19.1. The normalized spacial score (nSPS) is 11.3. The average molecular weight is 348 g/mol. The first-order valence-electron chi connectivity index (χ1n) is 8.15. The van der Waals surface area contributed by atoms with Gasteiger partial charge in [0.25, 0.3) is 0 Å². The maximum Gasteiger partial charge on any atom is 0.163 e. The third-order valence-corrected chi connectivity index (χ3v) is 4.30. The second-order valence-electron chi connectivity index (χ2n) is 5.95. The summed E-state index contributed by atoms with van der Waals surface area (Å²) < 4.78 is 10.5. The predicted molar refractivity (Wildman–Crippen MR) is 97.1 cm³/mol. The first-order valence-corrected chi connectivity index (χ1v) is 8.15. The summed E-state index contributed by atoms with van der Waals surface area (Å²) in [7, 11) is 3.05. The molecule has 26 heavy (non-hydrogen) atoms. The minimum Gasteiger partial charge on any atom is -0.493 e. The summed E-state index contributed by atoms with van der Waals surface area (Å²) in [4.78, 5) is 12.7. The number of rotatable bonds is 7. The summed E-state index contributed by atoms with van der Waals surface area (Å²) in [5.74, 6) is -0.570. The van der Waals surface area contributed by atoms with Crippen molar-refractivity contribution in [2.45, 2.75) is 19.3 Å². The van der Waals surface area contributed by atoms with Gasteiger partial charge in [0, 0.05) is 17.9 Å². The SMILES string of the molecule is COc1ccc([C@H](CC(=O)c2ccc(C)cc2)C(C#N)C#N)cc1OC. The third-order valence-electron chi connectivity index (χ3n) is 4.30. The standard InChI is InChI=1S/C21H20N2O3/c1-14-4-6-15(7-5-14)19(24)11-18(17(12-22)13-23)16-8-9-20(25-2)21(10-16)26-3/h4-10,17-18H,11H2,1-3H3/t18-/m0/s1. The van der Waals surface area contributed by atoms with Gasteiger partial charge in [-0.15, -0.1) is 0 Å². The van der Waals surface area contributed by atoms with Gasteiger partial charge in [0.05, 0.1) is 26.4 Å². The highest BCUT2D eigenvalue weighted by molar-refractivity contribution is 5.96. The molecule has 0 aromatic heterocycles. The molecule has 0 aliphatic heterocycles. The number of ketones is 1. The molecule has 2 aromatic carbocycles. The van der Waals surface area contributed by atoms with E-state index in [1.54, 1.807) is 30.3 Å². The molecule has 132 valence electrons. The van der Waals surface area contributed by atoms with Crippen LogP contribution in [0.4, 0.5) is 0 Å². The van der Waals surface area contributed by atoms with Gasteiger partial charge in [-0.25, -0.2) is 0 Å². The second-order valence-corrected chi connectivity index (χ2v) is 5.95. The van der Waals surface area contributed by atoms with Crippen LogP contribution in [0.5, 0.6) is 11.5 Å². The van der Waals surface area contributed by atoms with E-state index in [0.717, 1.165) is 5.56 Å². The van der Waals surface area contributed by atoms with Crippen molar-refractivity contribution in [3.05, 3.63) is 59.2 Å². The van der Waals surface area contributed by atoms with Crippen molar-refractivity contribution in [2.24, 2.45) is 5.92 Å². The van der Waals surface area contributed by atoms with Gasteiger partial charge in [-0.2, -0.15) is 10.5 Å². The van der Waals surface area contributed by atoms with Crippen LogP contribution in [0.25, 0.3) is 0 Å². The van der Waals surface area contributed by atoms with Gasteiger partial charge in [-0.1, -0.05) is 35.9 Å². The molecule has 0 aliphatic rings. The fourth-order valence-corrected chi connectivity index (χ4v) is 2.78. The highest BCUT2D eigenvalue weighted by Crippen LogP contribution is 2.35. The van der Waals surface area contributed by atoms with Crippen molar-refractivity contribution in [1.82, 2.24) is 0 Å². The van der Waals surface area contributed by atoms with Crippen LogP contribution in [0, 0.1) is 35.5 Å². The molecule has 2 rings (SSSR count). The fourth-order valence-electron chi connectivity index (χ4n) is 2.78. The van der Waals surface area contributed by atoms with Gasteiger partial charge in [0.2, 0.25) is 0 Å². The Balaban J connectivity index is 2.38. The lowest BCUT2D eigenvalue weighted by molar-refractivity contribution is 0.0970. The predicted octanol–water partition coefficient (Wildman–Crippen LogP) is 4.03. The molecule has 0 aliphatic carbocycles. The number of Topliss-reactive ketones (excluding diaryl/α,β-unsaturated/α-hetero) is 1. The maximum atomic E-state index is 12.7. The van der Waals surface area contributed by atoms with Crippen molar-refractivity contribution in [1.29, 1.82) is 10.5 Å².